The second-order valence-electron chi connectivity index (χ2n) is 8.67. The number of nitrogens with one attached hydrogen (secondary N) is 2. The maximum Gasteiger partial charge on any atom is 0.251 e. The van der Waals surface area contributed by atoms with Crippen LogP contribution in [-0.2, 0) is 20.7 Å². The highest BCUT2D eigenvalue weighted by Crippen LogP contribution is 2.22. The van der Waals surface area contributed by atoms with Gasteiger partial charge >= 0.3 is 0 Å². The molecule has 196 valence electrons. The molecule has 2 amide bonds. The molecule has 0 aliphatic carbocycles. The summed E-state index contributed by atoms with van der Waals surface area (Å²) in [6.07, 6.45) is 2.41. The van der Waals surface area contributed by atoms with Crippen LogP contribution in [0.2, 0.25) is 0 Å². The third-order valence-electron chi connectivity index (χ3n) is 5.86. The predicted octanol–water partition coefficient (Wildman–Crippen LogP) is 4.73. The lowest BCUT2D eigenvalue weighted by Crippen LogP contribution is -2.42. The van der Waals surface area contributed by atoms with Crippen molar-refractivity contribution >= 4 is 11.8 Å². The Morgan fingerprint density at radius 2 is 1.54 bits per heavy atom. The first kappa shape index (κ1) is 27.9. The summed E-state index contributed by atoms with van der Waals surface area (Å²) < 4.78 is 16.3. The summed E-state index contributed by atoms with van der Waals surface area (Å²) in [5.74, 6) is 0.0225. The summed E-state index contributed by atoms with van der Waals surface area (Å²) in [4.78, 5) is 25.4. The van der Waals surface area contributed by atoms with Crippen molar-refractivity contribution in [3.8, 4) is 11.5 Å². The van der Waals surface area contributed by atoms with E-state index < -0.39 is 17.9 Å². The molecule has 0 heterocycles. The van der Waals surface area contributed by atoms with Crippen molar-refractivity contribution in [1.82, 2.24) is 10.8 Å². The molecule has 0 saturated carbocycles. The van der Waals surface area contributed by atoms with Crippen LogP contribution in [0, 0.1) is 5.92 Å². The first-order chi connectivity index (χ1) is 18.1. The second kappa shape index (κ2) is 15.4. The molecule has 0 aliphatic heterocycles. The van der Waals surface area contributed by atoms with Gasteiger partial charge in [0.1, 0.15) is 18.3 Å². The van der Waals surface area contributed by atoms with Crippen molar-refractivity contribution in [3.63, 3.8) is 0 Å². The van der Waals surface area contributed by atoms with Gasteiger partial charge in [0.25, 0.3) is 5.91 Å². The fourth-order valence-electron chi connectivity index (χ4n) is 4.00. The van der Waals surface area contributed by atoms with Crippen LogP contribution in [0.25, 0.3) is 0 Å². The monoisotopic (exact) mass is 506 g/mol. The molecular weight excluding hydrogens is 472 g/mol. The largest absolute Gasteiger partial charge is 0.457 e. The van der Waals surface area contributed by atoms with Crippen molar-refractivity contribution in [2.75, 3.05) is 20.5 Å². The first-order valence-electron chi connectivity index (χ1n) is 12.3. The molecule has 3 aromatic carbocycles. The SMILES string of the molecule is COCOCC(CC(CCCc1ccccc1)C(=O)NO)NC(=O)c1ccc(Oc2ccccc2)cc1. The van der Waals surface area contributed by atoms with Crippen LogP contribution in [0.3, 0.4) is 0 Å². The van der Waals surface area contributed by atoms with Crippen molar-refractivity contribution in [1.29, 1.82) is 0 Å². The Bertz CT molecular complexity index is 1080. The van der Waals surface area contributed by atoms with Crippen LogP contribution < -0.4 is 15.5 Å². The molecule has 0 bridgehead atoms. The standard InChI is InChI=1S/C29H34N2O6/c1-35-21-36-20-25(19-24(29(33)31-34)12-8-11-22-9-4-2-5-10-22)30-28(32)23-15-17-27(18-16-23)37-26-13-6-3-7-14-26/h2-7,9-10,13-18,24-25,34H,8,11-12,19-21H2,1H3,(H,30,32)(H,31,33). The van der Waals surface area contributed by atoms with E-state index >= 15 is 0 Å². The lowest BCUT2D eigenvalue weighted by molar-refractivity contribution is -0.134. The van der Waals surface area contributed by atoms with E-state index in [1.54, 1.807) is 29.7 Å². The second-order valence-corrected chi connectivity index (χ2v) is 8.67. The van der Waals surface area contributed by atoms with Gasteiger partial charge in [0.05, 0.1) is 12.6 Å². The molecule has 8 nitrogen and oxygen atoms in total. The number of methoxy groups -OCH3 is 1. The highest BCUT2D eigenvalue weighted by Gasteiger charge is 2.24. The summed E-state index contributed by atoms with van der Waals surface area (Å²) in [7, 11) is 1.51. The number of hydroxylamine groups is 1. The molecule has 0 spiro atoms. The summed E-state index contributed by atoms with van der Waals surface area (Å²) in [6, 6.07) is 25.7. The molecule has 2 atom stereocenters. The van der Waals surface area contributed by atoms with E-state index in [0.29, 0.717) is 29.9 Å². The number of benzene rings is 3. The summed E-state index contributed by atoms with van der Waals surface area (Å²) in [6.45, 7) is 0.214. The molecule has 2 unspecified atom stereocenters. The van der Waals surface area contributed by atoms with Crippen molar-refractivity contribution in [3.05, 3.63) is 96.1 Å². The number of aryl methyl sites for hydroxylation is 1. The molecule has 0 aromatic heterocycles. The van der Waals surface area contributed by atoms with E-state index in [1.165, 1.54) is 12.7 Å². The molecule has 0 aliphatic rings. The van der Waals surface area contributed by atoms with E-state index in [-0.39, 0.29) is 19.3 Å². The molecule has 37 heavy (non-hydrogen) atoms. The lowest BCUT2D eigenvalue weighted by atomic mass is 9.92. The average molecular weight is 507 g/mol. The molecular formula is C29H34N2O6. The molecule has 0 fully saturated rings. The van der Waals surface area contributed by atoms with Gasteiger partial charge in [-0.1, -0.05) is 48.5 Å². The minimum Gasteiger partial charge on any atom is -0.457 e. The smallest absolute Gasteiger partial charge is 0.251 e. The van der Waals surface area contributed by atoms with Gasteiger partial charge < -0.3 is 19.5 Å². The topological polar surface area (TPSA) is 106 Å². The number of ether oxygens (including phenoxy) is 3. The van der Waals surface area contributed by atoms with E-state index in [2.05, 4.69) is 5.32 Å². The number of hydrogen-bond acceptors (Lipinski definition) is 6. The van der Waals surface area contributed by atoms with E-state index in [0.717, 1.165) is 12.8 Å². The number of amides is 2. The lowest BCUT2D eigenvalue weighted by Gasteiger charge is -2.23. The highest BCUT2D eigenvalue weighted by molar-refractivity contribution is 5.94. The molecule has 3 rings (SSSR count). The van der Waals surface area contributed by atoms with E-state index in [4.69, 9.17) is 14.2 Å². The first-order valence-corrected chi connectivity index (χ1v) is 12.3. The maximum absolute atomic E-state index is 13.0. The molecule has 0 saturated heterocycles. The van der Waals surface area contributed by atoms with Crippen molar-refractivity contribution in [2.45, 2.75) is 31.7 Å². The van der Waals surface area contributed by atoms with E-state index in [1.807, 2.05) is 60.7 Å². The zero-order chi connectivity index (χ0) is 26.3. The van der Waals surface area contributed by atoms with Crippen LogP contribution in [0.15, 0.2) is 84.9 Å². The Hall–Kier alpha value is -3.72. The minimum atomic E-state index is -0.508. The minimum absolute atomic E-state index is 0.0583. The van der Waals surface area contributed by atoms with Crippen LogP contribution >= 0.6 is 0 Å². The third-order valence-corrected chi connectivity index (χ3v) is 5.86. The predicted molar refractivity (Wildman–Crippen MR) is 139 cm³/mol. The zero-order valence-corrected chi connectivity index (χ0v) is 21.0. The summed E-state index contributed by atoms with van der Waals surface area (Å²) in [5.41, 5.74) is 3.39. The number of para-hydroxylation sites is 1. The molecule has 0 radical (unpaired) electrons. The van der Waals surface area contributed by atoms with Gasteiger partial charge in [0, 0.05) is 18.6 Å². The summed E-state index contributed by atoms with van der Waals surface area (Å²) in [5, 5.41) is 12.2. The Kier molecular flexibility index (Phi) is 11.6. The third kappa shape index (κ3) is 9.69. The average Bonchev–Trinajstić information content (AvgIpc) is 2.93. The summed E-state index contributed by atoms with van der Waals surface area (Å²) >= 11 is 0. The zero-order valence-electron chi connectivity index (χ0n) is 21.0. The number of carbonyl (C=O) groups excluding carboxylic acids is 2. The Balaban J connectivity index is 1.61. The van der Waals surface area contributed by atoms with Gasteiger partial charge in [-0.25, -0.2) is 5.48 Å². The van der Waals surface area contributed by atoms with Gasteiger partial charge in [-0.2, -0.15) is 0 Å². The van der Waals surface area contributed by atoms with Crippen molar-refractivity contribution < 1.29 is 29.0 Å². The fraction of sp³-hybridized carbons (Fsp3) is 0.310. The van der Waals surface area contributed by atoms with Crippen LogP contribution in [0.1, 0.15) is 35.2 Å². The van der Waals surface area contributed by atoms with Gasteiger partial charge in [0.2, 0.25) is 5.91 Å². The van der Waals surface area contributed by atoms with Gasteiger partial charge in [-0.15, -0.1) is 0 Å². The normalized spacial score (nSPS) is 12.4. The quantitative estimate of drug-likeness (QED) is 0.119. The number of hydrogen-bond donors (Lipinski definition) is 3. The van der Waals surface area contributed by atoms with Crippen LogP contribution in [-0.4, -0.2) is 43.6 Å². The molecule has 8 heteroatoms. The van der Waals surface area contributed by atoms with E-state index in [9.17, 15) is 14.8 Å². The Morgan fingerprint density at radius 1 is 0.892 bits per heavy atom. The van der Waals surface area contributed by atoms with Crippen LogP contribution in [0.5, 0.6) is 11.5 Å². The Morgan fingerprint density at radius 3 is 2.19 bits per heavy atom. The number of carbonyl (C=O) groups is 2. The van der Waals surface area contributed by atoms with Gasteiger partial charge in [0.15, 0.2) is 0 Å². The van der Waals surface area contributed by atoms with Crippen molar-refractivity contribution in [2.24, 2.45) is 5.92 Å². The number of rotatable bonds is 15. The highest BCUT2D eigenvalue weighted by atomic mass is 16.7. The van der Waals surface area contributed by atoms with Gasteiger partial charge in [-0.3, -0.25) is 14.8 Å². The Labute approximate surface area is 217 Å². The van der Waals surface area contributed by atoms with Gasteiger partial charge in [-0.05, 0) is 67.6 Å². The molecule has 3 N–H and O–H groups in total. The van der Waals surface area contributed by atoms with Crippen LogP contribution in [0.4, 0.5) is 0 Å². The maximum atomic E-state index is 13.0. The fourth-order valence-corrected chi connectivity index (χ4v) is 4.00. The molecule has 3 aromatic rings.